The number of ether oxygens (including phenoxy) is 1. The molecule has 4 nitrogen and oxygen atoms in total. The number of aromatic nitrogens is 1. The number of nitrogens with two attached hydrogens (primary N) is 1. The second-order valence-corrected chi connectivity index (χ2v) is 6.78. The van der Waals surface area contributed by atoms with Crippen LogP contribution in [-0.4, -0.2) is 36.1 Å². The van der Waals surface area contributed by atoms with E-state index >= 15 is 0 Å². The Morgan fingerprint density at radius 3 is 2.41 bits per heavy atom. The van der Waals surface area contributed by atoms with E-state index in [0.717, 1.165) is 18.2 Å². The molecule has 0 saturated heterocycles. The number of benzene rings is 1. The highest BCUT2D eigenvalue weighted by molar-refractivity contribution is 5.71. The summed E-state index contributed by atoms with van der Waals surface area (Å²) in [6.45, 7) is -0.672. The van der Waals surface area contributed by atoms with Gasteiger partial charge in [0.1, 0.15) is 30.5 Å². The molecule has 3 N–H and O–H groups in total. The van der Waals surface area contributed by atoms with Crippen LogP contribution in [0, 0.1) is 5.82 Å². The second kappa shape index (κ2) is 6.42. The highest BCUT2D eigenvalue weighted by Gasteiger charge is 2.56. The van der Waals surface area contributed by atoms with Crippen LogP contribution < -0.4 is 10.5 Å². The number of nitrogens with zero attached hydrogens (tertiary/aromatic N) is 1. The van der Waals surface area contributed by atoms with Crippen LogP contribution in [-0.2, 0) is 11.0 Å². The molecule has 27 heavy (non-hydrogen) atoms. The highest BCUT2D eigenvalue weighted by Crippen LogP contribution is 2.47. The van der Waals surface area contributed by atoms with Crippen LogP contribution in [0.5, 0.6) is 5.75 Å². The van der Waals surface area contributed by atoms with E-state index in [9.17, 15) is 27.1 Å². The molecule has 1 aliphatic rings. The van der Waals surface area contributed by atoms with Gasteiger partial charge in [0.25, 0.3) is 0 Å². The molecule has 9 heteroatoms. The summed E-state index contributed by atoms with van der Waals surface area (Å²) >= 11 is 0. The van der Waals surface area contributed by atoms with Gasteiger partial charge in [-0.15, -0.1) is 0 Å². The van der Waals surface area contributed by atoms with Crippen molar-refractivity contribution in [2.75, 3.05) is 19.8 Å². The van der Waals surface area contributed by atoms with Crippen molar-refractivity contribution < 1.29 is 31.8 Å². The van der Waals surface area contributed by atoms with E-state index in [1.54, 1.807) is 0 Å². The summed E-state index contributed by atoms with van der Waals surface area (Å²) in [6, 6.07) is 5.82. The molecule has 1 unspecified atom stereocenters. The van der Waals surface area contributed by atoms with E-state index in [1.807, 2.05) is 0 Å². The van der Waals surface area contributed by atoms with Gasteiger partial charge in [0.15, 0.2) is 0 Å². The summed E-state index contributed by atoms with van der Waals surface area (Å²) in [5.41, 5.74) is 0.187. The number of rotatable bonds is 4. The molecular weight excluding hydrogens is 371 g/mol. The first-order valence-electron chi connectivity index (χ1n) is 8.05. The van der Waals surface area contributed by atoms with E-state index in [1.165, 1.54) is 19.1 Å². The maximum Gasteiger partial charge on any atom is 0.424 e. The zero-order valence-electron chi connectivity index (χ0n) is 14.3. The lowest BCUT2D eigenvalue weighted by Crippen LogP contribution is -2.49. The third-order valence-corrected chi connectivity index (χ3v) is 4.76. The Hall–Kier alpha value is -2.26. The summed E-state index contributed by atoms with van der Waals surface area (Å²) < 4.78 is 72.8. The van der Waals surface area contributed by atoms with Gasteiger partial charge in [0, 0.05) is 17.7 Å². The predicted octanol–water partition coefficient (Wildman–Crippen LogP) is 3.22. The molecule has 3 rings (SSSR count). The zero-order valence-corrected chi connectivity index (χ0v) is 14.3. The van der Waals surface area contributed by atoms with Crippen LogP contribution in [0.25, 0.3) is 11.3 Å². The predicted molar refractivity (Wildman–Crippen MR) is 87.5 cm³/mol. The lowest BCUT2D eigenvalue weighted by Gasteiger charge is -2.30. The van der Waals surface area contributed by atoms with Gasteiger partial charge in [0.05, 0.1) is 11.1 Å². The van der Waals surface area contributed by atoms with Crippen molar-refractivity contribution in [2.24, 2.45) is 5.73 Å². The number of hydrogen-bond donors (Lipinski definition) is 2. The first kappa shape index (κ1) is 19.5. The van der Waals surface area contributed by atoms with Crippen LogP contribution in [0.4, 0.5) is 22.0 Å². The van der Waals surface area contributed by atoms with Crippen LogP contribution in [0.3, 0.4) is 0 Å². The van der Waals surface area contributed by atoms with E-state index in [2.05, 4.69) is 4.98 Å². The molecule has 1 aliphatic heterocycles. The molecular formula is C18H17F5N2O2. The quantitative estimate of drug-likeness (QED) is 0.790. The molecule has 0 fully saturated rings. The molecule has 146 valence electrons. The van der Waals surface area contributed by atoms with Crippen LogP contribution >= 0.6 is 0 Å². The van der Waals surface area contributed by atoms with Gasteiger partial charge >= 0.3 is 6.18 Å². The minimum atomic E-state index is -5.10. The van der Waals surface area contributed by atoms with Gasteiger partial charge in [-0.1, -0.05) is 0 Å². The average molecular weight is 388 g/mol. The normalized spacial score (nSPS) is 21.5. The molecule has 2 aromatic rings. The van der Waals surface area contributed by atoms with E-state index < -0.39 is 41.9 Å². The smallest absolute Gasteiger partial charge is 0.424 e. The van der Waals surface area contributed by atoms with Crippen molar-refractivity contribution in [3.8, 4) is 17.0 Å². The molecule has 0 amide bonds. The Bertz CT molecular complexity index is 856. The van der Waals surface area contributed by atoms with Crippen molar-refractivity contribution in [2.45, 2.75) is 24.1 Å². The van der Waals surface area contributed by atoms with E-state index in [0.29, 0.717) is 0 Å². The van der Waals surface area contributed by atoms with Crippen LogP contribution in [0.15, 0.2) is 30.3 Å². The lowest BCUT2D eigenvalue weighted by molar-refractivity contribution is -0.263. The SMILES string of the molecule is CC1(CF)COc2c1cc([C@@](O)(CN)C(F)(F)F)nc2-c1ccc(F)cc1. The molecule has 1 aromatic carbocycles. The first-order valence-corrected chi connectivity index (χ1v) is 8.05. The summed E-state index contributed by atoms with van der Waals surface area (Å²) in [5.74, 6) is -0.443. The Morgan fingerprint density at radius 1 is 1.26 bits per heavy atom. The second-order valence-electron chi connectivity index (χ2n) is 6.78. The first-order chi connectivity index (χ1) is 12.6. The lowest BCUT2D eigenvalue weighted by atomic mass is 9.83. The van der Waals surface area contributed by atoms with Crippen molar-refractivity contribution in [3.63, 3.8) is 0 Å². The number of halogens is 5. The summed E-state index contributed by atoms with van der Waals surface area (Å²) in [6.07, 6.45) is -5.10. The largest absolute Gasteiger partial charge is 0.490 e. The third kappa shape index (κ3) is 3.04. The fourth-order valence-electron chi connectivity index (χ4n) is 2.93. The zero-order chi connectivity index (χ0) is 20.0. The van der Waals surface area contributed by atoms with Crippen molar-refractivity contribution in [1.82, 2.24) is 4.98 Å². The number of pyridine rings is 1. The molecule has 2 atom stereocenters. The summed E-state index contributed by atoms with van der Waals surface area (Å²) in [4.78, 5) is 3.93. The summed E-state index contributed by atoms with van der Waals surface area (Å²) in [7, 11) is 0. The van der Waals surface area contributed by atoms with Crippen molar-refractivity contribution in [3.05, 3.63) is 47.4 Å². The Balaban J connectivity index is 2.30. The molecule has 0 saturated carbocycles. The topological polar surface area (TPSA) is 68.4 Å². The Kier molecular flexibility index (Phi) is 4.63. The van der Waals surface area contributed by atoms with Crippen molar-refractivity contribution in [1.29, 1.82) is 0 Å². The standard InChI is InChI=1S/C18H17F5N2O2/c1-16(7-19)9-27-15-12(16)6-13(17(26,8-24)18(21,22)23)25-14(15)10-2-4-11(20)5-3-10/h2-6,26H,7-9,24H2,1H3/t16?,17-/m0/s1. The maximum atomic E-state index is 13.6. The molecule has 0 radical (unpaired) electrons. The van der Waals surface area contributed by atoms with Gasteiger partial charge in [0.2, 0.25) is 5.60 Å². The van der Waals surface area contributed by atoms with Crippen LogP contribution in [0.2, 0.25) is 0 Å². The maximum absolute atomic E-state index is 13.6. The molecule has 1 aromatic heterocycles. The minimum absolute atomic E-state index is 0.0456. The van der Waals surface area contributed by atoms with Crippen molar-refractivity contribution >= 4 is 0 Å². The Labute approximate surface area is 151 Å². The molecule has 0 bridgehead atoms. The van der Waals surface area contributed by atoms with Gasteiger partial charge in [-0.3, -0.25) is 0 Å². The van der Waals surface area contributed by atoms with Gasteiger partial charge < -0.3 is 15.6 Å². The number of fused-ring (bicyclic) bond motifs is 1. The average Bonchev–Trinajstić information content (AvgIpc) is 2.98. The highest BCUT2D eigenvalue weighted by atomic mass is 19.4. The number of aliphatic hydroxyl groups is 1. The van der Waals surface area contributed by atoms with Crippen LogP contribution in [0.1, 0.15) is 18.2 Å². The fraction of sp³-hybridized carbons (Fsp3) is 0.389. The Morgan fingerprint density at radius 2 is 1.89 bits per heavy atom. The molecule has 2 heterocycles. The van der Waals surface area contributed by atoms with E-state index in [-0.39, 0.29) is 29.2 Å². The number of alkyl halides is 4. The summed E-state index contributed by atoms with van der Waals surface area (Å²) in [5, 5.41) is 10.2. The third-order valence-electron chi connectivity index (χ3n) is 4.76. The number of hydrogen-bond acceptors (Lipinski definition) is 4. The van der Waals surface area contributed by atoms with Gasteiger partial charge in [-0.25, -0.2) is 13.8 Å². The van der Waals surface area contributed by atoms with Gasteiger partial charge in [-0.2, -0.15) is 13.2 Å². The fourth-order valence-corrected chi connectivity index (χ4v) is 2.93. The van der Waals surface area contributed by atoms with E-state index in [4.69, 9.17) is 10.5 Å². The van der Waals surface area contributed by atoms with Gasteiger partial charge in [-0.05, 0) is 37.3 Å². The molecule has 0 aliphatic carbocycles. The minimum Gasteiger partial charge on any atom is -0.490 e. The molecule has 0 spiro atoms. The monoisotopic (exact) mass is 388 g/mol.